The smallest absolute Gasteiger partial charge is 0.304 e. The van der Waals surface area contributed by atoms with Crippen LogP contribution in [0.4, 0.5) is 5.69 Å². The van der Waals surface area contributed by atoms with E-state index in [-0.39, 0.29) is 12.1 Å². The van der Waals surface area contributed by atoms with Crippen LogP contribution in [0.25, 0.3) is 0 Å². The number of fused-ring (bicyclic) bond motifs is 1. The Morgan fingerprint density at radius 1 is 1.24 bits per heavy atom. The van der Waals surface area contributed by atoms with Crippen LogP contribution in [0, 0.1) is 0 Å². The van der Waals surface area contributed by atoms with E-state index in [9.17, 15) is 8.42 Å². The van der Waals surface area contributed by atoms with Gasteiger partial charge in [-0.15, -0.1) is 0 Å². The van der Waals surface area contributed by atoms with Crippen molar-refractivity contribution in [3.63, 3.8) is 0 Å². The number of nitrogens with two attached hydrogens (primary N) is 1. The topological polar surface area (TPSA) is 66.6 Å². The molecule has 2 heterocycles. The number of para-hydroxylation sites is 1. The zero-order valence-electron chi connectivity index (χ0n) is 12.4. The SMILES string of the molecule is CC1CCCCN1S(=O)(=O)N1CC(N)Cc2ccccc21. The van der Waals surface area contributed by atoms with Crippen molar-refractivity contribution in [2.24, 2.45) is 5.73 Å². The van der Waals surface area contributed by atoms with Gasteiger partial charge in [-0.1, -0.05) is 24.6 Å². The van der Waals surface area contributed by atoms with Crippen LogP contribution in [0.1, 0.15) is 31.7 Å². The normalized spacial score (nSPS) is 27.4. The number of hydrogen-bond donors (Lipinski definition) is 1. The first kappa shape index (κ1) is 14.8. The van der Waals surface area contributed by atoms with E-state index in [1.54, 1.807) is 4.31 Å². The number of rotatable bonds is 2. The van der Waals surface area contributed by atoms with Gasteiger partial charge < -0.3 is 5.73 Å². The molecule has 6 heteroatoms. The molecule has 0 bridgehead atoms. The van der Waals surface area contributed by atoms with E-state index in [0.29, 0.717) is 13.1 Å². The van der Waals surface area contributed by atoms with Gasteiger partial charge in [-0.05, 0) is 37.8 Å². The monoisotopic (exact) mass is 309 g/mol. The fourth-order valence-corrected chi connectivity index (χ4v) is 5.32. The van der Waals surface area contributed by atoms with Crippen LogP contribution < -0.4 is 10.0 Å². The van der Waals surface area contributed by atoms with Crippen LogP contribution in [0.2, 0.25) is 0 Å². The minimum absolute atomic E-state index is 0.0639. The molecule has 1 aromatic rings. The minimum Gasteiger partial charge on any atom is -0.326 e. The standard InChI is InChI=1S/C15H23N3O2S/c1-12-6-4-5-9-17(12)21(19,20)18-11-14(16)10-13-7-2-3-8-15(13)18/h2-3,7-8,12,14H,4-6,9-11,16H2,1H3. The van der Waals surface area contributed by atoms with Gasteiger partial charge in [-0.2, -0.15) is 12.7 Å². The molecule has 2 aliphatic heterocycles. The summed E-state index contributed by atoms with van der Waals surface area (Å²) < 4.78 is 29.3. The molecule has 1 fully saturated rings. The van der Waals surface area contributed by atoms with Crippen molar-refractivity contribution in [2.75, 3.05) is 17.4 Å². The van der Waals surface area contributed by atoms with Crippen molar-refractivity contribution in [2.45, 2.75) is 44.7 Å². The highest BCUT2D eigenvalue weighted by Gasteiger charge is 2.37. The quantitative estimate of drug-likeness (QED) is 0.900. The molecule has 2 aliphatic rings. The molecule has 0 saturated carbocycles. The van der Waals surface area contributed by atoms with Crippen molar-refractivity contribution in [3.8, 4) is 0 Å². The highest BCUT2D eigenvalue weighted by Crippen LogP contribution is 2.32. The second-order valence-corrected chi connectivity index (χ2v) is 7.89. The molecule has 3 rings (SSSR count). The third-order valence-electron chi connectivity index (χ3n) is 4.46. The third kappa shape index (κ3) is 2.67. The highest BCUT2D eigenvalue weighted by atomic mass is 32.2. The zero-order valence-corrected chi connectivity index (χ0v) is 13.2. The summed E-state index contributed by atoms with van der Waals surface area (Å²) in [5, 5.41) is 0. The summed E-state index contributed by atoms with van der Waals surface area (Å²) in [5.41, 5.74) is 7.88. The summed E-state index contributed by atoms with van der Waals surface area (Å²) in [6.45, 7) is 2.96. The van der Waals surface area contributed by atoms with Crippen molar-refractivity contribution >= 4 is 15.9 Å². The summed E-state index contributed by atoms with van der Waals surface area (Å²) in [6, 6.07) is 7.59. The molecule has 0 aromatic heterocycles. The number of benzene rings is 1. The van der Waals surface area contributed by atoms with Crippen LogP contribution in [0.5, 0.6) is 0 Å². The van der Waals surface area contributed by atoms with Crippen molar-refractivity contribution in [3.05, 3.63) is 29.8 Å². The van der Waals surface area contributed by atoms with E-state index >= 15 is 0 Å². The molecule has 5 nitrogen and oxygen atoms in total. The first-order chi connectivity index (χ1) is 10.00. The molecule has 0 aliphatic carbocycles. The Morgan fingerprint density at radius 3 is 2.76 bits per heavy atom. The van der Waals surface area contributed by atoms with Gasteiger partial charge in [0, 0.05) is 18.6 Å². The van der Waals surface area contributed by atoms with E-state index in [0.717, 1.165) is 36.9 Å². The average molecular weight is 309 g/mol. The van der Waals surface area contributed by atoms with Gasteiger partial charge in [0.05, 0.1) is 12.2 Å². The highest BCUT2D eigenvalue weighted by molar-refractivity contribution is 7.90. The van der Waals surface area contributed by atoms with Gasteiger partial charge in [0.25, 0.3) is 0 Å². The van der Waals surface area contributed by atoms with Gasteiger partial charge in [0.15, 0.2) is 0 Å². The van der Waals surface area contributed by atoms with Gasteiger partial charge in [0.2, 0.25) is 0 Å². The number of anilines is 1. The summed E-state index contributed by atoms with van der Waals surface area (Å²) in [6.07, 6.45) is 3.70. The summed E-state index contributed by atoms with van der Waals surface area (Å²) in [4.78, 5) is 0. The fourth-order valence-electron chi connectivity index (χ4n) is 3.34. The maximum Gasteiger partial charge on any atom is 0.304 e. The maximum absolute atomic E-state index is 13.1. The molecule has 2 atom stereocenters. The Morgan fingerprint density at radius 2 is 2.00 bits per heavy atom. The lowest BCUT2D eigenvalue weighted by Gasteiger charge is -2.40. The Balaban J connectivity index is 1.99. The molecule has 1 aromatic carbocycles. The molecule has 0 radical (unpaired) electrons. The van der Waals surface area contributed by atoms with E-state index in [1.165, 1.54) is 4.31 Å². The van der Waals surface area contributed by atoms with Crippen LogP contribution in [0.15, 0.2) is 24.3 Å². The maximum atomic E-state index is 13.1. The van der Waals surface area contributed by atoms with Gasteiger partial charge in [0.1, 0.15) is 0 Å². The average Bonchev–Trinajstić information content (AvgIpc) is 2.46. The zero-order chi connectivity index (χ0) is 15.0. The fraction of sp³-hybridized carbons (Fsp3) is 0.600. The van der Waals surface area contributed by atoms with Gasteiger partial charge in [-0.3, -0.25) is 4.31 Å². The van der Waals surface area contributed by atoms with E-state index in [2.05, 4.69) is 0 Å². The van der Waals surface area contributed by atoms with E-state index < -0.39 is 10.2 Å². The predicted octanol–water partition coefficient (Wildman–Crippen LogP) is 1.50. The largest absolute Gasteiger partial charge is 0.326 e. The lowest BCUT2D eigenvalue weighted by Crippen LogP contribution is -2.54. The molecule has 2 N–H and O–H groups in total. The van der Waals surface area contributed by atoms with E-state index in [1.807, 2.05) is 31.2 Å². The minimum atomic E-state index is -3.49. The Hall–Kier alpha value is -1.11. The molecular formula is C15H23N3O2S. The van der Waals surface area contributed by atoms with Crippen molar-refractivity contribution < 1.29 is 8.42 Å². The van der Waals surface area contributed by atoms with Gasteiger partial charge in [-0.25, -0.2) is 0 Å². The predicted molar refractivity (Wildman–Crippen MR) is 84.4 cm³/mol. The molecule has 2 unspecified atom stereocenters. The lowest BCUT2D eigenvalue weighted by molar-refractivity contribution is 0.267. The molecule has 116 valence electrons. The number of nitrogens with zero attached hydrogens (tertiary/aromatic N) is 2. The first-order valence-corrected chi connectivity index (χ1v) is 9.03. The summed E-state index contributed by atoms with van der Waals surface area (Å²) >= 11 is 0. The van der Waals surface area contributed by atoms with E-state index in [4.69, 9.17) is 5.73 Å². The second kappa shape index (κ2) is 5.59. The second-order valence-electron chi connectivity index (χ2n) is 6.09. The molecular weight excluding hydrogens is 286 g/mol. The van der Waals surface area contributed by atoms with Crippen LogP contribution in [-0.4, -0.2) is 37.9 Å². The molecule has 0 spiro atoms. The number of hydrogen-bond acceptors (Lipinski definition) is 3. The lowest BCUT2D eigenvalue weighted by atomic mass is 10.0. The molecule has 0 amide bonds. The summed E-state index contributed by atoms with van der Waals surface area (Å²) in [5.74, 6) is 0. The number of piperidine rings is 1. The van der Waals surface area contributed by atoms with Crippen LogP contribution >= 0.6 is 0 Å². The summed E-state index contributed by atoms with van der Waals surface area (Å²) in [7, 11) is -3.49. The molecule has 21 heavy (non-hydrogen) atoms. The van der Waals surface area contributed by atoms with Crippen LogP contribution in [0.3, 0.4) is 0 Å². The third-order valence-corrected chi connectivity index (χ3v) is 6.50. The van der Waals surface area contributed by atoms with Crippen molar-refractivity contribution in [1.29, 1.82) is 0 Å². The van der Waals surface area contributed by atoms with Gasteiger partial charge >= 0.3 is 10.2 Å². The Labute approximate surface area is 126 Å². The Bertz CT molecular complexity index is 617. The van der Waals surface area contributed by atoms with Crippen LogP contribution in [-0.2, 0) is 16.6 Å². The van der Waals surface area contributed by atoms with Crippen molar-refractivity contribution in [1.82, 2.24) is 4.31 Å². The molecule has 1 saturated heterocycles. The Kier molecular flexibility index (Phi) is 3.94. The first-order valence-electron chi connectivity index (χ1n) is 7.63.